The first-order valence-electron chi connectivity index (χ1n) is 8.26. The van der Waals surface area contributed by atoms with Crippen LogP contribution in [0.3, 0.4) is 0 Å². The Morgan fingerprint density at radius 2 is 1.78 bits per heavy atom. The highest BCUT2D eigenvalue weighted by atomic mass is 32.2. The van der Waals surface area contributed by atoms with Crippen LogP contribution < -0.4 is 14.2 Å². The van der Waals surface area contributed by atoms with Gasteiger partial charge in [0.25, 0.3) is 5.22 Å². The molecule has 9 nitrogen and oxygen atoms in total. The van der Waals surface area contributed by atoms with E-state index in [0.29, 0.717) is 51.4 Å². The van der Waals surface area contributed by atoms with E-state index in [2.05, 4.69) is 27.3 Å². The summed E-state index contributed by atoms with van der Waals surface area (Å²) in [6.07, 6.45) is 1.72. The molecular formula is C17H20N4O5S. The maximum Gasteiger partial charge on any atom is 0.277 e. The van der Waals surface area contributed by atoms with Crippen molar-refractivity contribution >= 4 is 11.8 Å². The van der Waals surface area contributed by atoms with Gasteiger partial charge in [-0.1, -0.05) is 23.8 Å². The van der Waals surface area contributed by atoms with Crippen LogP contribution in [0.15, 0.2) is 26.3 Å². The largest absolute Gasteiger partial charge is 0.493 e. The van der Waals surface area contributed by atoms with Gasteiger partial charge in [-0.15, -0.1) is 10.2 Å². The van der Waals surface area contributed by atoms with E-state index in [1.165, 1.54) is 11.8 Å². The van der Waals surface area contributed by atoms with E-state index in [-0.39, 0.29) is 0 Å². The molecule has 0 bridgehead atoms. The predicted octanol–water partition coefficient (Wildman–Crippen LogP) is 3.39. The van der Waals surface area contributed by atoms with Gasteiger partial charge in [-0.3, -0.25) is 0 Å². The zero-order valence-electron chi connectivity index (χ0n) is 15.5. The van der Waals surface area contributed by atoms with Crippen LogP contribution in [0.2, 0.25) is 0 Å². The van der Waals surface area contributed by atoms with Crippen LogP contribution in [0.5, 0.6) is 17.2 Å². The molecular weight excluding hydrogens is 372 g/mol. The average Bonchev–Trinajstić information content (AvgIpc) is 3.35. The summed E-state index contributed by atoms with van der Waals surface area (Å²) in [5, 5.41) is 12.5. The van der Waals surface area contributed by atoms with Crippen molar-refractivity contribution in [1.29, 1.82) is 0 Å². The maximum absolute atomic E-state index is 5.72. The lowest BCUT2D eigenvalue weighted by atomic mass is 10.2. The zero-order valence-corrected chi connectivity index (χ0v) is 16.3. The summed E-state index contributed by atoms with van der Waals surface area (Å²) in [7, 11) is 4.65. The van der Waals surface area contributed by atoms with E-state index in [4.69, 9.17) is 23.2 Å². The second kappa shape index (κ2) is 8.76. The maximum atomic E-state index is 5.72. The Bertz CT molecular complexity index is 870. The number of thioether (sulfide) groups is 1. The van der Waals surface area contributed by atoms with Gasteiger partial charge in [0.05, 0.1) is 27.1 Å². The topological polar surface area (TPSA) is 106 Å². The summed E-state index contributed by atoms with van der Waals surface area (Å²) in [6, 6.07) is 3.50. The molecule has 3 aromatic rings. The Balaban J connectivity index is 1.75. The summed E-state index contributed by atoms with van der Waals surface area (Å²) in [5.74, 6) is 3.57. The number of aromatic nitrogens is 4. The minimum atomic E-state index is 0.344. The molecule has 0 saturated carbocycles. The van der Waals surface area contributed by atoms with Crippen LogP contribution in [0.25, 0.3) is 11.5 Å². The SMILES string of the molecule is CCCc1nc(CSc2nnc(-c3cc(OC)c(OC)c(OC)c3)o2)no1. The molecule has 144 valence electrons. The molecule has 0 N–H and O–H groups in total. The fourth-order valence-corrected chi connectivity index (χ4v) is 2.99. The third-order valence-electron chi connectivity index (χ3n) is 3.62. The molecule has 0 unspecified atom stereocenters. The highest BCUT2D eigenvalue weighted by molar-refractivity contribution is 7.98. The van der Waals surface area contributed by atoms with Crippen molar-refractivity contribution in [3.63, 3.8) is 0 Å². The molecule has 0 amide bonds. The van der Waals surface area contributed by atoms with Crippen molar-refractivity contribution in [3.8, 4) is 28.7 Å². The van der Waals surface area contributed by atoms with Crippen molar-refractivity contribution in [3.05, 3.63) is 23.8 Å². The number of aryl methyl sites for hydroxylation is 1. The molecule has 2 heterocycles. The summed E-state index contributed by atoms with van der Waals surface area (Å²) in [4.78, 5) is 4.31. The fraction of sp³-hybridized carbons (Fsp3) is 0.412. The van der Waals surface area contributed by atoms with Crippen LogP contribution in [0, 0.1) is 0 Å². The average molecular weight is 392 g/mol. The Morgan fingerprint density at radius 3 is 2.41 bits per heavy atom. The lowest BCUT2D eigenvalue weighted by molar-refractivity contribution is 0.324. The monoisotopic (exact) mass is 392 g/mol. The summed E-state index contributed by atoms with van der Waals surface area (Å²) >= 11 is 1.34. The number of rotatable bonds is 9. The van der Waals surface area contributed by atoms with Crippen molar-refractivity contribution in [2.75, 3.05) is 21.3 Å². The first-order valence-corrected chi connectivity index (χ1v) is 9.25. The van der Waals surface area contributed by atoms with Crippen molar-refractivity contribution in [2.45, 2.75) is 30.7 Å². The lowest BCUT2D eigenvalue weighted by Gasteiger charge is -2.12. The molecule has 0 aliphatic heterocycles. The first-order chi connectivity index (χ1) is 13.2. The van der Waals surface area contributed by atoms with E-state index in [9.17, 15) is 0 Å². The van der Waals surface area contributed by atoms with Crippen molar-refractivity contribution in [2.24, 2.45) is 0 Å². The quantitative estimate of drug-likeness (QED) is 0.503. The number of methoxy groups -OCH3 is 3. The van der Waals surface area contributed by atoms with Crippen LogP contribution >= 0.6 is 11.8 Å². The molecule has 2 aromatic heterocycles. The van der Waals surface area contributed by atoms with E-state index in [0.717, 1.165) is 12.8 Å². The van der Waals surface area contributed by atoms with E-state index >= 15 is 0 Å². The van der Waals surface area contributed by atoms with Crippen LogP contribution in [-0.4, -0.2) is 41.7 Å². The Kier molecular flexibility index (Phi) is 6.17. The molecule has 10 heteroatoms. The Morgan fingerprint density at radius 1 is 1.04 bits per heavy atom. The predicted molar refractivity (Wildman–Crippen MR) is 97.2 cm³/mol. The normalized spacial score (nSPS) is 10.8. The molecule has 0 aliphatic carbocycles. The van der Waals surface area contributed by atoms with Gasteiger partial charge >= 0.3 is 0 Å². The zero-order chi connectivity index (χ0) is 19.2. The highest BCUT2D eigenvalue weighted by Crippen LogP contribution is 2.41. The summed E-state index contributed by atoms with van der Waals surface area (Å²) in [5.41, 5.74) is 0.661. The van der Waals surface area contributed by atoms with Crippen molar-refractivity contribution < 1.29 is 23.2 Å². The smallest absolute Gasteiger partial charge is 0.277 e. The second-order valence-electron chi connectivity index (χ2n) is 5.43. The second-order valence-corrected chi connectivity index (χ2v) is 6.36. The van der Waals surface area contributed by atoms with Crippen LogP contribution in [-0.2, 0) is 12.2 Å². The molecule has 1 aromatic carbocycles. The summed E-state index contributed by atoms with van der Waals surface area (Å²) < 4.78 is 26.9. The lowest BCUT2D eigenvalue weighted by Crippen LogP contribution is -1.95. The molecule has 0 fully saturated rings. The van der Waals surface area contributed by atoms with E-state index < -0.39 is 0 Å². The molecule has 0 saturated heterocycles. The molecule has 3 rings (SSSR count). The minimum Gasteiger partial charge on any atom is -0.493 e. The van der Waals surface area contributed by atoms with Gasteiger partial charge in [-0.05, 0) is 18.6 Å². The standard InChI is InChI=1S/C17H20N4O5S/c1-5-6-14-18-13(21-26-14)9-27-17-20-19-16(25-17)10-7-11(22-2)15(24-4)12(8-10)23-3/h7-8H,5-6,9H2,1-4H3. The molecule has 27 heavy (non-hydrogen) atoms. The Hall–Kier alpha value is -2.75. The number of ether oxygens (including phenoxy) is 3. The van der Waals surface area contributed by atoms with Gasteiger partial charge in [0.1, 0.15) is 0 Å². The van der Waals surface area contributed by atoms with Gasteiger partial charge < -0.3 is 23.2 Å². The number of benzene rings is 1. The number of nitrogens with zero attached hydrogens (tertiary/aromatic N) is 4. The van der Waals surface area contributed by atoms with Gasteiger partial charge in [0.2, 0.25) is 17.5 Å². The van der Waals surface area contributed by atoms with E-state index in [1.54, 1.807) is 33.5 Å². The van der Waals surface area contributed by atoms with Crippen LogP contribution in [0.4, 0.5) is 0 Å². The minimum absolute atomic E-state index is 0.344. The van der Waals surface area contributed by atoms with Crippen LogP contribution in [0.1, 0.15) is 25.1 Å². The Labute approximate surface area is 160 Å². The number of hydrogen-bond acceptors (Lipinski definition) is 10. The van der Waals surface area contributed by atoms with Gasteiger partial charge in [-0.2, -0.15) is 4.98 Å². The summed E-state index contributed by atoms with van der Waals surface area (Å²) in [6.45, 7) is 2.06. The van der Waals surface area contributed by atoms with Gasteiger partial charge in [-0.25, -0.2) is 0 Å². The molecule has 0 aliphatic rings. The van der Waals surface area contributed by atoms with Gasteiger partial charge in [0, 0.05) is 12.0 Å². The third kappa shape index (κ3) is 4.33. The number of hydrogen-bond donors (Lipinski definition) is 0. The third-order valence-corrected chi connectivity index (χ3v) is 4.43. The fourth-order valence-electron chi connectivity index (χ4n) is 2.38. The molecule has 0 atom stereocenters. The highest BCUT2D eigenvalue weighted by Gasteiger charge is 2.18. The van der Waals surface area contributed by atoms with Crippen molar-refractivity contribution in [1.82, 2.24) is 20.3 Å². The molecule has 0 spiro atoms. The van der Waals surface area contributed by atoms with Gasteiger partial charge in [0.15, 0.2) is 17.3 Å². The van der Waals surface area contributed by atoms with E-state index in [1.807, 2.05) is 0 Å². The first kappa shape index (κ1) is 19.0. The molecule has 0 radical (unpaired) electrons.